The van der Waals surface area contributed by atoms with Crippen LogP contribution in [0, 0.1) is 11.6 Å². The van der Waals surface area contributed by atoms with E-state index >= 15 is 0 Å². The number of aromatic nitrogens is 2. The molecule has 1 saturated heterocycles. The molecule has 0 spiro atoms. The molecule has 2 heterocycles. The number of hydrogen-bond donors (Lipinski definition) is 0. The first-order chi connectivity index (χ1) is 13.5. The summed E-state index contributed by atoms with van der Waals surface area (Å²) in [6, 6.07) is 10.2. The zero-order valence-corrected chi connectivity index (χ0v) is 15.1. The molecular weight excluding hydrogens is 364 g/mol. The van der Waals surface area contributed by atoms with Gasteiger partial charge in [-0.25, -0.2) is 13.8 Å². The maximum absolute atomic E-state index is 13.9. The summed E-state index contributed by atoms with van der Waals surface area (Å²) in [6.45, 7) is 0.912. The minimum Gasteiger partial charge on any atom is -0.340 e. The van der Waals surface area contributed by atoms with Crippen LogP contribution < -0.4 is 5.56 Å². The number of amides is 1. The molecule has 1 amide bonds. The van der Waals surface area contributed by atoms with Gasteiger partial charge in [-0.3, -0.25) is 14.2 Å². The Kier molecular flexibility index (Phi) is 4.90. The normalized spacial score (nSPS) is 17.1. The van der Waals surface area contributed by atoms with E-state index in [4.69, 9.17) is 0 Å². The predicted molar refractivity (Wildman–Crippen MR) is 101 cm³/mol. The molecule has 3 aromatic rings. The van der Waals surface area contributed by atoms with Crippen LogP contribution in [0.25, 0.3) is 10.9 Å². The fraction of sp³-hybridized carbons (Fsp3) is 0.286. The van der Waals surface area contributed by atoms with Gasteiger partial charge < -0.3 is 4.90 Å². The van der Waals surface area contributed by atoms with Gasteiger partial charge in [0.1, 0.15) is 11.6 Å². The molecule has 1 aliphatic heterocycles. The van der Waals surface area contributed by atoms with E-state index in [0.717, 1.165) is 25.0 Å². The molecule has 7 heteroatoms. The maximum atomic E-state index is 13.9. The third-order valence-corrected chi connectivity index (χ3v) is 5.19. The fourth-order valence-corrected chi connectivity index (χ4v) is 3.69. The monoisotopic (exact) mass is 383 g/mol. The molecule has 5 nitrogen and oxygen atoms in total. The van der Waals surface area contributed by atoms with Gasteiger partial charge in [0.25, 0.3) is 5.56 Å². The molecule has 0 aliphatic carbocycles. The molecular formula is C21H19F2N3O2. The van der Waals surface area contributed by atoms with Crippen LogP contribution in [0.2, 0.25) is 0 Å². The molecule has 0 saturated carbocycles. The Labute approximate surface area is 160 Å². The quantitative estimate of drug-likeness (QED) is 0.699. The zero-order valence-electron chi connectivity index (χ0n) is 15.1. The molecule has 1 aromatic heterocycles. The van der Waals surface area contributed by atoms with Crippen LogP contribution in [0.4, 0.5) is 8.78 Å². The number of para-hydroxylation sites is 1. The van der Waals surface area contributed by atoms with Crippen molar-refractivity contribution in [3.05, 3.63) is 76.3 Å². The first-order valence-corrected chi connectivity index (χ1v) is 9.20. The van der Waals surface area contributed by atoms with Gasteiger partial charge in [0.15, 0.2) is 0 Å². The van der Waals surface area contributed by atoms with Gasteiger partial charge in [-0.05, 0) is 36.6 Å². The van der Waals surface area contributed by atoms with E-state index in [1.54, 1.807) is 27.7 Å². The Morgan fingerprint density at radius 1 is 1.18 bits per heavy atom. The Bertz CT molecular complexity index is 1100. The van der Waals surface area contributed by atoms with Crippen molar-refractivity contribution in [1.29, 1.82) is 0 Å². The van der Waals surface area contributed by atoms with E-state index in [-0.39, 0.29) is 29.5 Å². The molecule has 1 aliphatic rings. The smallest absolute Gasteiger partial charge is 0.261 e. The number of benzene rings is 2. The maximum Gasteiger partial charge on any atom is 0.261 e. The summed E-state index contributed by atoms with van der Waals surface area (Å²) in [5.41, 5.74) is 0.673. The summed E-state index contributed by atoms with van der Waals surface area (Å²) >= 11 is 0. The largest absolute Gasteiger partial charge is 0.340 e. The number of rotatable bonds is 3. The molecule has 0 bridgehead atoms. The minimum atomic E-state index is -0.725. The molecule has 28 heavy (non-hydrogen) atoms. The van der Waals surface area contributed by atoms with Crippen molar-refractivity contribution in [2.24, 2.45) is 0 Å². The first-order valence-electron chi connectivity index (χ1n) is 9.20. The van der Waals surface area contributed by atoms with Crippen molar-refractivity contribution in [2.75, 3.05) is 13.1 Å². The van der Waals surface area contributed by atoms with Crippen LogP contribution >= 0.6 is 0 Å². The Balaban J connectivity index is 1.54. The number of nitrogens with zero attached hydrogens (tertiary/aromatic N) is 3. The number of likely N-dealkylation sites (tertiary alicyclic amines) is 1. The molecule has 4 rings (SSSR count). The summed E-state index contributed by atoms with van der Waals surface area (Å²) in [4.78, 5) is 31.4. The molecule has 2 aromatic carbocycles. The van der Waals surface area contributed by atoms with Crippen LogP contribution in [0.5, 0.6) is 0 Å². The second-order valence-corrected chi connectivity index (χ2v) is 7.02. The van der Waals surface area contributed by atoms with E-state index in [2.05, 4.69) is 4.98 Å². The zero-order chi connectivity index (χ0) is 19.7. The lowest BCUT2D eigenvalue weighted by atomic mass is 10.0. The molecule has 1 atom stereocenters. The highest BCUT2D eigenvalue weighted by molar-refractivity contribution is 5.79. The average molecular weight is 383 g/mol. The van der Waals surface area contributed by atoms with Gasteiger partial charge in [0, 0.05) is 19.2 Å². The summed E-state index contributed by atoms with van der Waals surface area (Å²) in [6.07, 6.45) is 2.89. The third-order valence-electron chi connectivity index (χ3n) is 5.19. The number of piperidine rings is 1. The Morgan fingerprint density at radius 3 is 2.82 bits per heavy atom. The number of carbonyl (C=O) groups is 1. The van der Waals surface area contributed by atoms with Crippen molar-refractivity contribution in [1.82, 2.24) is 14.5 Å². The van der Waals surface area contributed by atoms with Crippen molar-refractivity contribution < 1.29 is 13.6 Å². The second kappa shape index (κ2) is 7.50. The van der Waals surface area contributed by atoms with E-state index in [0.29, 0.717) is 24.0 Å². The van der Waals surface area contributed by atoms with Gasteiger partial charge in [0.05, 0.1) is 29.7 Å². The Hall–Kier alpha value is -3.09. The molecule has 1 unspecified atom stereocenters. The van der Waals surface area contributed by atoms with E-state index in [1.165, 1.54) is 12.4 Å². The van der Waals surface area contributed by atoms with E-state index < -0.39 is 11.6 Å². The molecule has 144 valence electrons. The lowest BCUT2D eigenvalue weighted by Gasteiger charge is -2.33. The van der Waals surface area contributed by atoms with Crippen LogP contribution in [-0.2, 0) is 11.2 Å². The Morgan fingerprint density at radius 2 is 2.00 bits per heavy atom. The van der Waals surface area contributed by atoms with Gasteiger partial charge in [-0.2, -0.15) is 0 Å². The van der Waals surface area contributed by atoms with Gasteiger partial charge in [-0.1, -0.05) is 18.2 Å². The van der Waals surface area contributed by atoms with Crippen molar-refractivity contribution in [3.63, 3.8) is 0 Å². The molecule has 0 N–H and O–H groups in total. The predicted octanol–water partition coefficient (Wildman–Crippen LogP) is 3.08. The summed E-state index contributed by atoms with van der Waals surface area (Å²) < 4.78 is 28.5. The number of carbonyl (C=O) groups excluding carboxylic acids is 1. The van der Waals surface area contributed by atoms with Crippen LogP contribution in [0.15, 0.2) is 53.6 Å². The van der Waals surface area contributed by atoms with Crippen molar-refractivity contribution >= 4 is 16.8 Å². The van der Waals surface area contributed by atoms with Crippen molar-refractivity contribution in [2.45, 2.75) is 25.3 Å². The highest BCUT2D eigenvalue weighted by atomic mass is 19.1. The summed E-state index contributed by atoms with van der Waals surface area (Å²) in [7, 11) is 0. The highest BCUT2D eigenvalue weighted by Gasteiger charge is 2.26. The van der Waals surface area contributed by atoms with Crippen LogP contribution in [-0.4, -0.2) is 33.4 Å². The minimum absolute atomic E-state index is 0.130. The standard InChI is InChI=1S/C21H19F2N3O2/c22-15-8-7-14(18(23)11-15)10-20(27)25-9-3-4-16(12-25)26-13-24-19-6-2-1-5-17(19)21(26)28/h1-2,5-8,11,13,16H,3-4,9-10,12H2. The first kappa shape index (κ1) is 18.3. The lowest BCUT2D eigenvalue weighted by Crippen LogP contribution is -2.43. The van der Waals surface area contributed by atoms with E-state index in [1.807, 2.05) is 6.07 Å². The molecule has 1 fully saturated rings. The van der Waals surface area contributed by atoms with Gasteiger partial charge in [-0.15, -0.1) is 0 Å². The summed E-state index contributed by atoms with van der Waals surface area (Å²) in [5, 5.41) is 0.543. The SMILES string of the molecule is O=C(Cc1ccc(F)cc1F)N1CCCC(n2cnc3ccccc3c2=O)C1. The van der Waals surface area contributed by atoms with Crippen LogP contribution in [0.1, 0.15) is 24.4 Å². The average Bonchev–Trinajstić information content (AvgIpc) is 2.70. The van der Waals surface area contributed by atoms with Crippen LogP contribution in [0.3, 0.4) is 0 Å². The van der Waals surface area contributed by atoms with E-state index in [9.17, 15) is 18.4 Å². The molecule has 0 radical (unpaired) electrons. The fourth-order valence-electron chi connectivity index (χ4n) is 3.69. The number of halogens is 2. The topological polar surface area (TPSA) is 55.2 Å². The summed E-state index contributed by atoms with van der Waals surface area (Å²) in [5.74, 6) is -1.64. The van der Waals surface area contributed by atoms with Gasteiger partial charge >= 0.3 is 0 Å². The van der Waals surface area contributed by atoms with Gasteiger partial charge in [0.2, 0.25) is 5.91 Å². The third kappa shape index (κ3) is 3.52. The lowest BCUT2D eigenvalue weighted by molar-refractivity contribution is -0.132. The number of hydrogen-bond acceptors (Lipinski definition) is 3. The van der Waals surface area contributed by atoms with Crippen molar-refractivity contribution in [3.8, 4) is 0 Å². The second-order valence-electron chi connectivity index (χ2n) is 7.02. The number of fused-ring (bicyclic) bond motifs is 1. The highest BCUT2D eigenvalue weighted by Crippen LogP contribution is 2.22.